The number of rotatable bonds is 4. The van der Waals surface area contributed by atoms with E-state index < -0.39 is 0 Å². The van der Waals surface area contributed by atoms with E-state index in [0.29, 0.717) is 23.8 Å². The smallest absolute Gasteiger partial charge is 0.225 e. The number of nitrogens with two attached hydrogens (primary N) is 1. The Kier molecular flexibility index (Phi) is 3.64. The number of hydrogen-bond donors (Lipinski definition) is 2. The molecule has 3 N–H and O–H groups in total. The van der Waals surface area contributed by atoms with Crippen LogP contribution in [-0.2, 0) is 4.79 Å². The van der Waals surface area contributed by atoms with E-state index in [-0.39, 0.29) is 11.3 Å². The Morgan fingerprint density at radius 3 is 2.76 bits per heavy atom. The van der Waals surface area contributed by atoms with Gasteiger partial charge in [0.2, 0.25) is 5.91 Å². The number of halogens is 1. The van der Waals surface area contributed by atoms with Crippen molar-refractivity contribution >= 4 is 23.2 Å². The van der Waals surface area contributed by atoms with Crippen LogP contribution in [0.4, 0.5) is 5.69 Å². The lowest BCUT2D eigenvalue weighted by Gasteiger charge is -2.40. The Hall–Kier alpha value is -1.13. The molecule has 0 unspecified atom stereocenters. The second-order valence-electron chi connectivity index (χ2n) is 4.65. The SMILES string of the molecule is NCC1(CC(=O)Nc2ccc(Cl)nc2)CCC1. The first-order chi connectivity index (χ1) is 8.13. The highest BCUT2D eigenvalue weighted by atomic mass is 35.5. The average molecular weight is 254 g/mol. The maximum Gasteiger partial charge on any atom is 0.225 e. The zero-order valence-corrected chi connectivity index (χ0v) is 10.3. The van der Waals surface area contributed by atoms with Gasteiger partial charge < -0.3 is 11.1 Å². The molecule has 1 heterocycles. The molecule has 0 spiro atoms. The lowest BCUT2D eigenvalue weighted by atomic mass is 9.66. The van der Waals surface area contributed by atoms with E-state index in [9.17, 15) is 4.79 Å². The Balaban J connectivity index is 1.91. The summed E-state index contributed by atoms with van der Waals surface area (Å²) in [6, 6.07) is 3.39. The van der Waals surface area contributed by atoms with Crippen LogP contribution in [0.5, 0.6) is 0 Å². The number of hydrogen-bond acceptors (Lipinski definition) is 3. The molecule has 1 aromatic heterocycles. The highest BCUT2D eigenvalue weighted by Crippen LogP contribution is 2.42. The number of carbonyl (C=O) groups is 1. The molecule has 1 aromatic rings. The summed E-state index contributed by atoms with van der Waals surface area (Å²) in [6.07, 6.45) is 5.32. The van der Waals surface area contributed by atoms with Crippen molar-refractivity contribution in [2.45, 2.75) is 25.7 Å². The topological polar surface area (TPSA) is 68.0 Å². The molecule has 0 radical (unpaired) electrons. The van der Waals surface area contributed by atoms with Gasteiger partial charge >= 0.3 is 0 Å². The van der Waals surface area contributed by atoms with Gasteiger partial charge in [-0.1, -0.05) is 18.0 Å². The molecule has 2 rings (SSSR count). The number of amides is 1. The zero-order valence-electron chi connectivity index (χ0n) is 9.58. The fourth-order valence-corrected chi connectivity index (χ4v) is 2.24. The van der Waals surface area contributed by atoms with E-state index in [1.807, 2.05) is 0 Å². The van der Waals surface area contributed by atoms with Gasteiger partial charge in [0.15, 0.2) is 0 Å². The van der Waals surface area contributed by atoms with Crippen molar-refractivity contribution in [2.75, 3.05) is 11.9 Å². The first-order valence-corrected chi connectivity index (χ1v) is 6.13. The van der Waals surface area contributed by atoms with E-state index >= 15 is 0 Å². The number of pyridine rings is 1. The van der Waals surface area contributed by atoms with Gasteiger partial charge in [-0.05, 0) is 36.9 Å². The average Bonchev–Trinajstić information content (AvgIpc) is 2.27. The second-order valence-corrected chi connectivity index (χ2v) is 5.04. The van der Waals surface area contributed by atoms with Crippen molar-refractivity contribution in [1.82, 2.24) is 4.98 Å². The van der Waals surface area contributed by atoms with Gasteiger partial charge in [-0.2, -0.15) is 0 Å². The fraction of sp³-hybridized carbons (Fsp3) is 0.500. The van der Waals surface area contributed by atoms with Crippen LogP contribution >= 0.6 is 11.6 Å². The molecule has 1 aliphatic carbocycles. The minimum atomic E-state index is -0.000674. The first kappa shape index (κ1) is 12.3. The van der Waals surface area contributed by atoms with Gasteiger partial charge in [0, 0.05) is 6.42 Å². The molecule has 1 fully saturated rings. The summed E-state index contributed by atoms with van der Waals surface area (Å²) >= 11 is 5.67. The van der Waals surface area contributed by atoms with Crippen molar-refractivity contribution in [2.24, 2.45) is 11.1 Å². The van der Waals surface area contributed by atoms with Crippen LogP contribution in [0.25, 0.3) is 0 Å². The lowest BCUT2D eigenvalue weighted by Crippen LogP contribution is -2.40. The Morgan fingerprint density at radius 1 is 1.53 bits per heavy atom. The van der Waals surface area contributed by atoms with Crippen molar-refractivity contribution in [3.05, 3.63) is 23.5 Å². The predicted octanol–water partition coefficient (Wildman–Crippen LogP) is 2.19. The van der Waals surface area contributed by atoms with E-state index in [1.54, 1.807) is 18.3 Å². The van der Waals surface area contributed by atoms with E-state index in [0.717, 1.165) is 12.8 Å². The van der Waals surface area contributed by atoms with Crippen LogP contribution in [-0.4, -0.2) is 17.4 Å². The molecule has 0 aliphatic heterocycles. The van der Waals surface area contributed by atoms with Crippen LogP contribution < -0.4 is 11.1 Å². The van der Waals surface area contributed by atoms with E-state index in [4.69, 9.17) is 17.3 Å². The number of aromatic nitrogens is 1. The molecule has 1 amide bonds. The molecule has 1 aliphatic rings. The molecule has 0 bridgehead atoms. The van der Waals surface area contributed by atoms with Crippen LogP contribution in [0, 0.1) is 5.41 Å². The highest BCUT2D eigenvalue weighted by molar-refractivity contribution is 6.29. The third-order valence-corrected chi connectivity index (χ3v) is 3.62. The van der Waals surface area contributed by atoms with Gasteiger partial charge in [0.25, 0.3) is 0 Å². The standard InChI is InChI=1S/C12H16ClN3O/c13-10-3-2-9(7-15-10)16-11(17)6-12(8-14)4-1-5-12/h2-3,7H,1,4-6,8,14H2,(H,16,17). The lowest BCUT2D eigenvalue weighted by molar-refractivity contribution is -0.119. The number of nitrogens with zero attached hydrogens (tertiary/aromatic N) is 1. The summed E-state index contributed by atoms with van der Waals surface area (Å²) in [5.74, 6) is -0.000674. The van der Waals surface area contributed by atoms with E-state index in [1.165, 1.54) is 6.42 Å². The minimum absolute atomic E-state index is 0.000674. The van der Waals surface area contributed by atoms with Crippen LogP contribution in [0.15, 0.2) is 18.3 Å². The highest BCUT2D eigenvalue weighted by Gasteiger charge is 2.37. The van der Waals surface area contributed by atoms with Crippen molar-refractivity contribution in [3.63, 3.8) is 0 Å². The Morgan fingerprint density at radius 2 is 2.29 bits per heavy atom. The maximum absolute atomic E-state index is 11.8. The van der Waals surface area contributed by atoms with Gasteiger partial charge in [-0.15, -0.1) is 0 Å². The largest absolute Gasteiger partial charge is 0.330 e. The summed E-state index contributed by atoms with van der Waals surface area (Å²) in [5, 5.41) is 3.23. The number of nitrogens with one attached hydrogen (secondary N) is 1. The maximum atomic E-state index is 11.8. The second kappa shape index (κ2) is 5.02. The molecule has 0 saturated heterocycles. The number of carbonyl (C=O) groups excluding carboxylic acids is 1. The van der Waals surface area contributed by atoms with Gasteiger partial charge in [-0.3, -0.25) is 4.79 Å². The molecular weight excluding hydrogens is 238 g/mol. The van der Waals surface area contributed by atoms with Crippen molar-refractivity contribution in [3.8, 4) is 0 Å². The molecule has 1 saturated carbocycles. The van der Waals surface area contributed by atoms with Gasteiger partial charge in [-0.25, -0.2) is 4.98 Å². The van der Waals surface area contributed by atoms with Crippen LogP contribution in [0.1, 0.15) is 25.7 Å². The monoisotopic (exact) mass is 253 g/mol. The third kappa shape index (κ3) is 2.96. The molecule has 92 valence electrons. The summed E-state index contributed by atoms with van der Waals surface area (Å²) in [5.41, 5.74) is 6.42. The fourth-order valence-electron chi connectivity index (χ4n) is 2.13. The van der Waals surface area contributed by atoms with Gasteiger partial charge in [0.05, 0.1) is 11.9 Å². The summed E-state index contributed by atoms with van der Waals surface area (Å²) in [4.78, 5) is 15.7. The van der Waals surface area contributed by atoms with Crippen LogP contribution in [0.3, 0.4) is 0 Å². The number of anilines is 1. The van der Waals surface area contributed by atoms with Crippen molar-refractivity contribution < 1.29 is 4.79 Å². The zero-order chi connectivity index (χ0) is 12.3. The minimum Gasteiger partial charge on any atom is -0.330 e. The van der Waals surface area contributed by atoms with Gasteiger partial charge in [0.1, 0.15) is 5.15 Å². The first-order valence-electron chi connectivity index (χ1n) is 5.75. The molecule has 0 atom stereocenters. The summed E-state index contributed by atoms with van der Waals surface area (Å²) in [6.45, 7) is 0.583. The Labute approximate surface area is 106 Å². The Bertz CT molecular complexity index is 395. The normalized spacial score (nSPS) is 17.3. The predicted molar refractivity (Wildman–Crippen MR) is 67.8 cm³/mol. The van der Waals surface area contributed by atoms with Crippen molar-refractivity contribution in [1.29, 1.82) is 0 Å². The van der Waals surface area contributed by atoms with Crippen LogP contribution in [0.2, 0.25) is 5.15 Å². The quantitative estimate of drug-likeness (QED) is 0.809. The third-order valence-electron chi connectivity index (χ3n) is 3.39. The molecular formula is C12H16ClN3O. The molecule has 4 nitrogen and oxygen atoms in total. The van der Waals surface area contributed by atoms with E-state index in [2.05, 4.69) is 10.3 Å². The molecule has 17 heavy (non-hydrogen) atoms. The molecule has 0 aromatic carbocycles. The summed E-state index contributed by atoms with van der Waals surface area (Å²) in [7, 11) is 0. The summed E-state index contributed by atoms with van der Waals surface area (Å²) < 4.78 is 0. The molecule has 5 heteroatoms.